The number of hydrogen-bond donors (Lipinski definition) is 1. The Bertz CT molecular complexity index is 1080. The van der Waals surface area contributed by atoms with Gasteiger partial charge in [-0.25, -0.2) is 14.4 Å². The predicted octanol–water partition coefficient (Wildman–Crippen LogP) is 2.71. The number of rotatable bonds is 3. The summed E-state index contributed by atoms with van der Waals surface area (Å²) in [7, 11) is 0. The molecule has 150 valence electrons. The van der Waals surface area contributed by atoms with Crippen LogP contribution in [0.15, 0.2) is 36.8 Å². The molecule has 1 aromatic carbocycles. The van der Waals surface area contributed by atoms with Crippen LogP contribution in [0.5, 0.6) is 0 Å². The second-order valence-electron chi connectivity index (χ2n) is 7.82. The Morgan fingerprint density at radius 3 is 3.00 bits per heavy atom. The number of nitrogens with zero attached hydrogens (tertiary/aromatic N) is 5. The monoisotopic (exact) mass is 394 g/mol. The Morgan fingerprint density at radius 1 is 1.24 bits per heavy atom. The van der Waals surface area contributed by atoms with Crippen molar-refractivity contribution in [1.82, 2.24) is 19.3 Å². The van der Waals surface area contributed by atoms with Gasteiger partial charge in [0.1, 0.15) is 11.6 Å². The number of aryl methyl sites for hydroxylation is 1. The first-order valence-corrected chi connectivity index (χ1v) is 9.98. The Balaban J connectivity index is 1.32. The van der Waals surface area contributed by atoms with Crippen LogP contribution >= 0.6 is 0 Å². The fourth-order valence-corrected chi connectivity index (χ4v) is 4.38. The van der Waals surface area contributed by atoms with E-state index in [1.54, 1.807) is 22.9 Å². The van der Waals surface area contributed by atoms with E-state index in [1.165, 1.54) is 25.5 Å². The highest BCUT2D eigenvalue weighted by molar-refractivity contribution is 6.04. The number of amides is 1. The number of carbonyl (C=O) groups is 1. The van der Waals surface area contributed by atoms with Gasteiger partial charge in [0.25, 0.3) is 5.91 Å². The van der Waals surface area contributed by atoms with E-state index < -0.39 is 11.7 Å². The van der Waals surface area contributed by atoms with Gasteiger partial charge in [-0.1, -0.05) is 0 Å². The Kier molecular flexibility index (Phi) is 4.43. The first kappa shape index (κ1) is 18.1. The zero-order valence-corrected chi connectivity index (χ0v) is 16.3. The largest absolute Gasteiger partial charge is 0.369 e. The minimum atomic E-state index is -0.520. The molecule has 1 atom stereocenters. The van der Waals surface area contributed by atoms with Crippen LogP contribution in [0.25, 0.3) is 5.65 Å². The third-order valence-electron chi connectivity index (χ3n) is 5.85. The molecule has 2 aliphatic rings. The van der Waals surface area contributed by atoms with E-state index in [0.717, 1.165) is 31.0 Å². The third kappa shape index (κ3) is 3.44. The van der Waals surface area contributed by atoms with E-state index in [1.807, 2.05) is 19.2 Å². The van der Waals surface area contributed by atoms with E-state index >= 15 is 0 Å². The van der Waals surface area contributed by atoms with E-state index in [2.05, 4.69) is 25.1 Å². The van der Waals surface area contributed by atoms with Gasteiger partial charge in [-0.15, -0.1) is 0 Å². The van der Waals surface area contributed by atoms with E-state index in [-0.39, 0.29) is 5.56 Å². The number of anilines is 2. The van der Waals surface area contributed by atoms with Crippen molar-refractivity contribution >= 4 is 23.1 Å². The van der Waals surface area contributed by atoms with Crippen molar-refractivity contribution in [2.45, 2.75) is 25.8 Å². The minimum absolute atomic E-state index is 0.0111. The normalized spacial score (nSPS) is 19.5. The summed E-state index contributed by atoms with van der Waals surface area (Å²) in [6.45, 7) is 5.87. The van der Waals surface area contributed by atoms with Crippen molar-refractivity contribution in [2.24, 2.45) is 0 Å². The van der Waals surface area contributed by atoms with Crippen LogP contribution in [0.3, 0.4) is 0 Å². The van der Waals surface area contributed by atoms with Crippen molar-refractivity contribution in [1.29, 1.82) is 0 Å². The Labute approximate surface area is 168 Å². The van der Waals surface area contributed by atoms with Crippen LogP contribution in [0.2, 0.25) is 0 Å². The molecule has 5 rings (SSSR count). The molecule has 0 aliphatic carbocycles. The van der Waals surface area contributed by atoms with Crippen molar-refractivity contribution in [3.8, 4) is 0 Å². The zero-order chi connectivity index (χ0) is 20.0. The van der Waals surface area contributed by atoms with Crippen LogP contribution in [0.4, 0.5) is 15.9 Å². The molecular formula is C21H23FN6O. The summed E-state index contributed by atoms with van der Waals surface area (Å²) in [6.07, 6.45) is 7.52. The number of fused-ring (bicyclic) bond motifs is 2. The summed E-state index contributed by atoms with van der Waals surface area (Å²) in [5.41, 5.74) is 2.39. The fourth-order valence-electron chi connectivity index (χ4n) is 4.38. The van der Waals surface area contributed by atoms with Crippen molar-refractivity contribution in [3.05, 3.63) is 53.9 Å². The van der Waals surface area contributed by atoms with Gasteiger partial charge >= 0.3 is 0 Å². The molecule has 1 amide bonds. The summed E-state index contributed by atoms with van der Waals surface area (Å²) in [6, 6.07) is 5.41. The molecule has 0 saturated carbocycles. The maximum absolute atomic E-state index is 14.7. The highest BCUT2D eigenvalue weighted by Gasteiger charge is 2.30. The van der Waals surface area contributed by atoms with E-state index in [9.17, 15) is 9.18 Å². The number of hydrogen-bond acceptors (Lipinski definition) is 5. The summed E-state index contributed by atoms with van der Waals surface area (Å²) >= 11 is 0. The minimum Gasteiger partial charge on any atom is -0.369 e. The SMILES string of the molecule is Cc1cn2cc(NC(=O)c3ccc(N4CCN5CCC[C@H]5C4)cc3F)ncc2n1. The zero-order valence-electron chi connectivity index (χ0n) is 16.3. The molecule has 0 radical (unpaired) electrons. The van der Waals surface area contributed by atoms with Gasteiger partial charge in [0.05, 0.1) is 23.7 Å². The average Bonchev–Trinajstić information content (AvgIpc) is 3.32. The Morgan fingerprint density at radius 2 is 2.14 bits per heavy atom. The molecule has 0 spiro atoms. The van der Waals surface area contributed by atoms with Gasteiger partial charge in [0.15, 0.2) is 5.65 Å². The molecule has 2 fully saturated rings. The van der Waals surface area contributed by atoms with Gasteiger partial charge in [-0.05, 0) is 44.5 Å². The van der Waals surface area contributed by atoms with Crippen molar-refractivity contribution < 1.29 is 9.18 Å². The molecule has 2 saturated heterocycles. The number of imidazole rings is 1. The van der Waals surface area contributed by atoms with Crippen molar-refractivity contribution in [2.75, 3.05) is 36.4 Å². The highest BCUT2D eigenvalue weighted by Crippen LogP contribution is 2.27. The number of halogens is 1. The molecule has 2 aromatic heterocycles. The lowest BCUT2D eigenvalue weighted by atomic mass is 10.1. The second kappa shape index (κ2) is 7.11. The maximum Gasteiger partial charge on any atom is 0.259 e. The standard InChI is InChI=1S/C21H23FN6O/c1-14-11-28-13-19(23-10-20(28)24-14)25-21(29)17-5-4-15(9-18(17)22)27-8-7-26-6-2-3-16(26)12-27/h4-5,9-11,13,16H,2-3,6-8,12H2,1H3,(H,25,29)/t16-/m0/s1. The summed E-state index contributed by atoms with van der Waals surface area (Å²) < 4.78 is 16.5. The maximum atomic E-state index is 14.7. The number of carbonyl (C=O) groups excluding carboxylic acids is 1. The van der Waals surface area contributed by atoms with Gasteiger partial charge in [0.2, 0.25) is 0 Å². The third-order valence-corrected chi connectivity index (χ3v) is 5.85. The van der Waals surface area contributed by atoms with Crippen LogP contribution in [-0.4, -0.2) is 57.4 Å². The van der Waals surface area contributed by atoms with Crippen molar-refractivity contribution in [3.63, 3.8) is 0 Å². The predicted molar refractivity (Wildman–Crippen MR) is 109 cm³/mol. The smallest absolute Gasteiger partial charge is 0.259 e. The molecule has 1 N–H and O–H groups in total. The van der Waals surface area contributed by atoms with Gasteiger partial charge < -0.3 is 14.6 Å². The number of benzene rings is 1. The first-order valence-electron chi connectivity index (χ1n) is 9.98. The fraction of sp³-hybridized carbons (Fsp3) is 0.381. The molecule has 0 unspecified atom stereocenters. The molecule has 4 heterocycles. The number of aromatic nitrogens is 3. The van der Waals surface area contributed by atoms with E-state index in [4.69, 9.17) is 0 Å². The van der Waals surface area contributed by atoms with Gasteiger partial charge in [0, 0.05) is 37.6 Å². The molecule has 3 aromatic rings. The molecule has 7 nitrogen and oxygen atoms in total. The molecule has 29 heavy (non-hydrogen) atoms. The van der Waals surface area contributed by atoms with Crippen LogP contribution in [0, 0.1) is 12.7 Å². The highest BCUT2D eigenvalue weighted by atomic mass is 19.1. The average molecular weight is 394 g/mol. The molecule has 0 bridgehead atoms. The molecular weight excluding hydrogens is 371 g/mol. The van der Waals surface area contributed by atoms with Crippen LogP contribution in [0.1, 0.15) is 28.9 Å². The lowest BCUT2D eigenvalue weighted by molar-refractivity contribution is 0.102. The van der Waals surface area contributed by atoms with Crippen LogP contribution in [-0.2, 0) is 0 Å². The molecule has 8 heteroatoms. The first-order chi connectivity index (χ1) is 14.1. The number of nitrogens with one attached hydrogen (secondary N) is 1. The quantitative estimate of drug-likeness (QED) is 0.740. The second-order valence-corrected chi connectivity index (χ2v) is 7.82. The summed E-state index contributed by atoms with van der Waals surface area (Å²) in [4.78, 5) is 25.8. The van der Waals surface area contributed by atoms with Crippen LogP contribution < -0.4 is 10.2 Å². The van der Waals surface area contributed by atoms with Gasteiger partial charge in [-0.3, -0.25) is 9.69 Å². The van der Waals surface area contributed by atoms with E-state index in [0.29, 0.717) is 17.5 Å². The molecule has 2 aliphatic heterocycles. The topological polar surface area (TPSA) is 65.8 Å². The Hall–Kier alpha value is -3.00. The lowest BCUT2D eigenvalue weighted by Gasteiger charge is -2.38. The number of piperazine rings is 1. The van der Waals surface area contributed by atoms with Gasteiger partial charge in [-0.2, -0.15) is 0 Å². The summed E-state index contributed by atoms with van der Waals surface area (Å²) in [5.74, 6) is -0.688. The summed E-state index contributed by atoms with van der Waals surface area (Å²) in [5, 5.41) is 2.67. The lowest BCUT2D eigenvalue weighted by Crippen LogP contribution is -2.50.